The van der Waals surface area contributed by atoms with Crippen molar-refractivity contribution in [3.8, 4) is 33.8 Å². The average molecular weight is 400 g/mol. The molecular formula is C22H16N4O4. The molecule has 4 aromatic rings. The molecule has 0 atom stereocenters. The minimum absolute atomic E-state index is 0.0182. The third kappa shape index (κ3) is 3.79. The van der Waals surface area contributed by atoms with E-state index >= 15 is 0 Å². The third-order valence-corrected chi connectivity index (χ3v) is 4.67. The van der Waals surface area contributed by atoms with Gasteiger partial charge in [-0.15, -0.1) is 4.91 Å². The number of benzene rings is 2. The van der Waals surface area contributed by atoms with Crippen molar-refractivity contribution in [3.05, 3.63) is 94.1 Å². The second kappa shape index (κ2) is 7.96. The van der Waals surface area contributed by atoms with Crippen LogP contribution in [0.5, 0.6) is 0 Å². The van der Waals surface area contributed by atoms with E-state index in [1.54, 1.807) is 43.6 Å². The predicted octanol–water partition coefficient (Wildman–Crippen LogP) is 5.70. The van der Waals surface area contributed by atoms with Crippen LogP contribution in [0.25, 0.3) is 33.8 Å². The molecule has 0 saturated carbocycles. The van der Waals surface area contributed by atoms with Crippen molar-refractivity contribution in [2.24, 2.45) is 5.29 Å². The quantitative estimate of drug-likeness (QED) is 0.234. The molecule has 0 aliphatic rings. The van der Waals surface area contributed by atoms with Crippen molar-refractivity contribution in [3.63, 3.8) is 0 Å². The lowest BCUT2D eigenvalue weighted by Crippen LogP contribution is -2.06. The van der Waals surface area contributed by atoms with Gasteiger partial charge in [-0.1, -0.05) is 12.1 Å². The predicted molar refractivity (Wildman–Crippen MR) is 114 cm³/mol. The number of nitroso groups, excluding NO2 is 1. The van der Waals surface area contributed by atoms with Gasteiger partial charge in [0, 0.05) is 24.7 Å². The van der Waals surface area contributed by atoms with Gasteiger partial charge in [0.05, 0.1) is 27.9 Å². The largest absolute Gasteiger partial charge is 0.463 e. The SMILES string of the molecule is CN(N=O)c1ccc(-c2cc(-c3ccc([N+](=O)[O-])cc3)nc(-c3ccco3)c2)cc1. The standard InChI is InChI=1S/C22H16N4O4/c1-25(24-27)18-8-4-15(5-9-18)17-13-20(16-6-10-19(11-7-16)26(28)29)23-21(14-17)22-3-2-12-30-22/h2-14H,1H3. The van der Waals surface area contributed by atoms with E-state index in [4.69, 9.17) is 4.42 Å². The average Bonchev–Trinajstić information content (AvgIpc) is 3.33. The van der Waals surface area contributed by atoms with Gasteiger partial charge in [0.2, 0.25) is 0 Å². The van der Waals surface area contributed by atoms with Crippen molar-refractivity contribution in [1.82, 2.24) is 4.98 Å². The molecule has 8 nitrogen and oxygen atoms in total. The molecule has 0 amide bonds. The van der Waals surface area contributed by atoms with Gasteiger partial charge < -0.3 is 4.42 Å². The van der Waals surface area contributed by atoms with E-state index < -0.39 is 4.92 Å². The molecule has 30 heavy (non-hydrogen) atoms. The Morgan fingerprint density at radius 1 is 0.933 bits per heavy atom. The zero-order chi connectivity index (χ0) is 21.1. The first-order valence-corrected chi connectivity index (χ1v) is 9.03. The molecule has 0 fully saturated rings. The summed E-state index contributed by atoms with van der Waals surface area (Å²) in [6.07, 6.45) is 1.58. The molecule has 0 radical (unpaired) electrons. The summed E-state index contributed by atoms with van der Waals surface area (Å²) in [6.45, 7) is 0. The minimum Gasteiger partial charge on any atom is -0.463 e. The van der Waals surface area contributed by atoms with E-state index in [1.165, 1.54) is 17.1 Å². The Morgan fingerprint density at radius 2 is 1.60 bits per heavy atom. The van der Waals surface area contributed by atoms with Crippen LogP contribution in [0.15, 0.2) is 88.8 Å². The summed E-state index contributed by atoms with van der Waals surface area (Å²) < 4.78 is 5.51. The first kappa shape index (κ1) is 19.0. The van der Waals surface area contributed by atoms with Crippen molar-refractivity contribution in [1.29, 1.82) is 0 Å². The van der Waals surface area contributed by atoms with Gasteiger partial charge in [-0.25, -0.2) is 9.99 Å². The molecule has 0 saturated heterocycles. The van der Waals surface area contributed by atoms with E-state index in [0.717, 1.165) is 16.7 Å². The zero-order valence-corrected chi connectivity index (χ0v) is 15.9. The minimum atomic E-state index is -0.436. The monoisotopic (exact) mass is 400 g/mol. The molecule has 0 aliphatic heterocycles. The fraction of sp³-hybridized carbons (Fsp3) is 0.0455. The molecule has 0 spiro atoms. The second-order valence-electron chi connectivity index (χ2n) is 6.56. The molecule has 0 bridgehead atoms. The Balaban J connectivity index is 1.80. The smallest absolute Gasteiger partial charge is 0.269 e. The molecule has 0 N–H and O–H groups in total. The fourth-order valence-corrected chi connectivity index (χ4v) is 3.07. The number of nitro benzene ring substituents is 1. The molecular weight excluding hydrogens is 384 g/mol. The molecule has 4 rings (SSSR count). The number of furan rings is 1. The Morgan fingerprint density at radius 3 is 2.20 bits per heavy atom. The maximum atomic E-state index is 10.9. The highest BCUT2D eigenvalue weighted by molar-refractivity contribution is 5.76. The topological polar surface area (TPSA) is 102 Å². The number of pyridine rings is 1. The summed E-state index contributed by atoms with van der Waals surface area (Å²) in [6, 6.07) is 21.0. The van der Waals surface area contributed by atoms with Crippen LogP contribution in [0.3, 0.4) is 0 Å². The molecule has 148 valence electrons. The van der Waals surface area contributed by atoms with E-state index in [1.807, 2.05) is 30.3 Å². The third-order valence-electron chi connectivity index (χ3n) is 4.67. The van der Waals surface area contributed by atoms with Gasteiger partial charge in [-0.3, -0.25) is 10.1 Å². The van der Waals surface area contributed by atoms with Gasteiger partial charge >= 0.3 is 0 Å². The number of aromatic nitrogens is 1. The zero-order valence-electron chi connectivity index (χ0n) is 15.9. The Hall–Kier alpha value is -4.33. The lowest BCUT2D eigenvalue weighted by atomic mass is 10.0. The normalized spacial score (nSPS) is 10.6. The highest BCUT2D eigenvalue weighted by Crippen LogP contribution is 2.32. The number of anilines is 1. The lowest BCUT2D eigenvalue weighted by molar-refractivity contribution is -0.384. The van der Waals surface area contributed by atoms with Crippen molar-refractivity contribution in [2.45, 2.75) is 0 Å². The van der Waals surface area contributed by atoms with Crippen molar-refractivity contribution in [2.75, 3.05) is 12.1 Å². The molecule has 2 aromatic carbocycles. The van der Waals surface area contributed by atoms with Crippen molar-refractivity contribution >= 4 is 11.4 Å². The second-order valence-corrected chi connectivity index (χ2v) is 6.56. The fourth-order valence-electron chi connectivity index (χ4n) is 3.07. The van der Waals surface area contributed by atoms with Gasteiger partial charge in [-0.05, 0) is 59.7 Å². The number of rotatable bonds is 6. The summed E-state index contributed by atoms with van der Waals surface area (Å²) in [5.74, 6) is 0.613. The van der Waals surface area contributed by atoms with E-state index in [2.05, 4.69) is 10.3 Å². The number of hydrogen-bond donors (Lipinski definition) is 0. The van der Waals surface area contributed by atoms with Crippen molar-refractivity contribution < 1.29 is 9.34 Å². The van der Waals surface area contributed by atoms with Gasteiger partial charge in [0.25, 0.3) is 5.69 Å². The first-order valence-electron chi connectivity index (χ1n) is 9.03. The van der Waals surface area contributed by atoms with Crippen LogP contribution in [-0.2, 0) is 0 Å². The van der Waals surface area contributed by atoms with Crippen LogP contribution in [-0.4, -0.2) is 17.0 Å². The van der Waals surface area contributed by atoms with Crippen LogP contribution in [0.2, 0.25) is 0 Å². The Labute approximate surface area is 171 Å². The van der Waals surface area contributed by atoms with Crippen LogP contribution in [0, 0.1) is 15.0 Å². The van der Waals surface area contributed by atoms with Crippen LogP contribution in [0.1, 0.15) is 0 Å². The maximum absolute atomic E-state index is 10.9. The Bertz CT molecular complexity index is 1190. The van der Waals surface area contributed by atoms with Gasteiger partial charge in [-0.2, -0.15) is 0 Å². The summed E-state index contributed by atoms with van der Waals surface area (Å²) in [4.78, 5) is 25.9. The number of non-ortho nitro benzene ring substituents is 1. The van der Waals surface area contributed by atoms with Gasteiger partial charge in [0.1, 0.15) is 5.69 Å². The molecule has 0 aliphatic carbocycles. The number of nitrogens with zero attached hydrogens (tertiary/aromatic N) is 4. The first-order chi connectivity index (χ1) is 14.5. The van der Waals surface area contributed by atoms with E-state index in [9.17, 15) is 15.0 Å². The van der Waals surface area contributed by atoms with Crippen LogP contribution < -0.4 is 5.01 Å². The number of nitro groups is 1. The Kier molecular flexibility index (Phi) is 5.04. The highest BCUT2D eigenvalue weighted by Gasteiger charge is 2.12. The van der Waals surface area contributed by atoms with Gasteiger partial charge in [0.15, 0.2) is 5.76 Å². The molecule has 0 unspecified atom stereocenters. The lowest BCUT2D eigenvalue weighted by Gasteiger charge is -2.11. The molecule has 2 heterocycles. The maximum Gasteiger partial charge on any atom is 0.269 e. The van der Waals surface area contributed by atoms with E-state index in [0.29, 0.717) is 22.8 Å². The summed E-state index contributed by atoms with van der Waals surface area (Å²) in [5.41, 5.74) is 4.53. The van der Waals surface area contributed by atoms with Crippen LogP contribution in [0.4, 0.5) is 11.4 Å². The number of hydrogen-bond acceptors (Lipinski definition) is 6. The summed E-state index contributed by atoms with van der Waals surface area (Å²) in [5, 5.41) is 15.1. The molecule has 8 heteroatoms. The summed E-state index contributed by atoms with van der Waals surface area (Å²) >= 11 is 0. The molecule has 2 aromatic heterocycles. The highest BCUT2D eigenvalue weighted by atomic mass is 16.6. The summed E-state index contributed by atoms with van der Waals surface area (Å²) in [7, 11) is 1.58. The van der Waals surface area contributed by atoms with Crippen LogP contribution >= 0.6 is 0 Å². The van der Waals surface area contributed by atoms with E-state index in [-0.39, 0.29) is 5.69 Å².